The van der Waals surface area contributed by atoms with E-state index in [1.165, 1.54) is 5.56 Å². The molecular formula is C13H20N2O2. The molecule has 0 aliphatic carbocycles. The van der Waals surface area contributed by atoms with E-state index in [9.17, 15) is 4.79 Å². The molecule has 0 saturated carbocycles. The standard InChI is InChI=1S/C13H20N2O2/c1-4-9-5-6-12(17-3)10(7-9)11(14)8-13(16)15-2/h5-7,11H,4,8,14H2,1-3H3,(H,15,16). The van der Waals surface area contributed by atoms with Crippen LogP contribution in [-0.4, -0.2) is 20.1 Å². The molecule has 0 radical (unpaired) electrons. The number of carbonyl (C=O) groups is 1. The number of benzene rings is 1. The summed E-state index contributed by atoms with van der Waals surface area (Å²) in [5.41, 5.74) is 8.10. The molecule has 4 nitrogen and oxygen atoms in total. The second-order valence-corrected chi connectivity index (χ2v) is 3.91. The molecule has 0 aliphatic heterocycles. The SMILES string of the molecule is CCc1ccc(OC)c(C(N)CC(=O)NC)c1. The molecule has 1 amide bonds. The maximum absolute atomic E-state index is 11.3. The lowest BCUT2D eigenvalue weighted by atomic mass is 9.99. The molecule has 4 heteroatoms. The fourth-order valence-corrected chi connectivity index (χ4v) is 1.71. The van der Waals surface area contributed by atoms with Gasteiger partial charge in [-0.15, -0.1) is 0 Å². The van der Waals surface area contributed by atoms with Gasteiger partial charge < -0.3 is 15.8 Å². The van der Waals surface area contributed by atoms with Gasteiger partial charge in [0.25, 0.3) is 0 Å². The Morgan fingerprint density at radius 3 is 2.76 bits per heavy atom. The van der Waals surface area contributed by atoms with Crippen LogP contribution < -0.4 is 15.8 Å². The predicted octanol–water partition coefficient (Wildman–Crippen LogP) is 1.39. The molecule has 0 bridgehead atoms. The summed E-state index contributed by atoms with van der Waals surface area (Å²) in [6, 6.07) is 5.58. The second-order valence-electron chi connectivity index (χ2n) is 3.91. The van der Waals surface area contributed by atoms with E-state index in [2.05, 4.69) is 12.2 Å². The number of carbonyl (C=O) groups excluding carboxylic acids is 1. The molecule has 1 aromatic carbocycles. The summed E-state index contributed by atoms with van der Waals surface area (Å²) < 4.78 is 5.27. The van der Waals surface area contributed by atoms with E-state index in [1.54, 1.807) is 14.2 Å². The first-order chi connectivity index (χ1) is 8.12. The van der Waals surface area contributed by atoms with Gasteiger partial charge in [0.05, 0.1) is 7.11 Å². The van der Waals surface area contributed by atoms with Crippen LogP contribution in [0.25, 0.3) is 0 Å². The van der Waals surface area contributed by atoms with E-state index in [-0.39, 0.29) is 18.4 Å². The highest BCUT2D eigenvalue weighted by molar-refractivity contribution is 5.76. The highest BCUT2D eigenvalue weighted by atomic mass is 16.5. The van der Waals surface area contributed by atoms with Crippen molar-refractivity contribution in [2.45, 2.75) is 25.8 Å². The number of methoxy groups -OCH3 is 1. The van der Waals surface area contributed by atoms with Crippen molar-refractivity contribution in [2.75, 3.05) is 14.2 Å². The van der Waals surface area contributed by atoms with Gasteiger partial charge in [-0.05, 0) is 18.1 Å². The van der Waals surface area contributed by atoms with E-state index in [4.69, 9.17) is 10.5 Å². The third-order valence-corrected chi connectivity index (χ3v) is 2.79. The number of nitrogens with one attached hydrogen (secondary N) is 1. The summed E-state index contributed by atoms with van der Waals surface area (Å²) in [4.78, 5) is 11.3. The number of aryl methyl sites for hydroxylation is 1. The van der Waals surface area contributed by atoms with Gasteiger partial charge in [-0.1, -0.05) is 19.1 Å². The molecule has 3 N–H and O–H groups in total. The second kappa shape index (κ2) is 6.25. The summed E-state index contributed by atoms with van der Waals surface area (Å²) in [5.74, 6) is 0.667. The average Bonchev–Trinajstić information content (AvgIpc) is 2.37. The summed E-state index contributed by atoms with van der Waals surface area (Å²) in [5, 5.41) is 2.57. The van der Waals surface area contributed by atoms with Crippen LogP contribution in [0.2, 0.25) is 0 Å². The van der Waals surface area contributed by atoms with E-state index >= 15 is 0 Å². The quantitative estimate of drug-likeness (QED) is 0.812. The predicted molar refractivity (Wildman–Crippen MR) is 68.0 cm³/mol. The summed E-state index contributed by atoms with van der Waals surface area (Å²) in [7, 11) is 3.21. The zero-order chi connectivity index (χ0) is 12.8. The first-order valence-corrected chi connectivity index (χ1v) is 5.75. The van der Waals surface area contributed by atoms with Crippen molar-refractivity contribution < 1.29 is 9.53 Å². The molecule has 1 rings (SSSR count). The zero-order valence-electron chi connectivity index (χ0n) is 10.6. The first-order valence-electron chi connectivity index (χ1n) is 5.75. The van der Waals surface area contributed by atoms with E-state index in [1.807, 2.05) is 18.2 Å². The average molecular weight is 236 g/mol. The van der Waals surface area contributed by atoms with Crippen molar-refractivity contribution in [1.82, 2.24) is 5.32 Å². The molecule has 0 spiro atoms. The van der Waals surface area contributed by atoms with Gasteiger partial charge in [-0.3, -0.25) is 4.79 Å². The Balaban J connectivity index is 2.96. The highest BCUT2D eigenvalue weighted by Gasteiger charge is 2.15. The topological polar surface area (TPSA) is 64.3 Å². The summed E-state index contributed by atoms with van der Waals surface area (Å²) in [6.45, 7) is 2.08. The lowest BCUT2D eigenvalue weighted by molar-refractivity contribution is -0.120. The summed E-state index contributed by atoms with van der Waals surface area (Å²) >= 11 is 0. The van der Waals surface area contributed by atoms with Crippen molar-refractivity contribution in [3.8, 4) is 5.75 Å². The number of rotatable bonds is 5. The molecule has 17 heavy (non-hydrogen) atoms. The van der Waals surface area contributed by atoms with Crippen LogP contribution in [0.5, 0.6) is 5.75 Å². The third-order valence-electron chi connectivity index (χ3n) is 2.79. The maximum atomic E-state index is 11.3. The Kier molecular flexibility index (Phi) is 4.97. The van der Waals surface area contributed by atoms with Crippen molar-refractivity contribution in [3.63, 3.8) is 0 Å². The molecule has 94 valence electrons. The van der Waals surface area contributed by atoms with Gasteiger partial charge in [0.2, 0.25) is 5.91 Å². The van der Waals surface area contributed by atoms with Crippen LogP contribution in [0.15, 0.2) is 18.2 Å². The van der Waals surface area contributed by atoms with Crippen molar-refractivity contribution in [1.29, 1.82) is 0 Å². The minimum absolute atomic E-state index is 0.0681. The Hall–Kier alpha value is -1.55. The summed E-state index contributed by atoms with van der Waals surface area (Å²) in [6.07, 6.45) is 1.20. The van der Waals surface area contributed by atoms with Crippen molar-refractivity contribution in [3.05, 3.63) is 29.3 Å². The van der Waals surface area contributed by atoms with Crippen LogP contribution in [-0.2, 0) is 11.2 Å². The number of hydrogen-bond donors (Lipinski definition) is 2. The van der Waals surface area contributed by atoms with E-state index in [0.29, 0.717) is 0 Å². The minimum atomic E-state index is -0.337. The number of hydrogen-bond acceptors (Lipinski definition) is 3. The molecular weight excluding hydrogens is 216 g/mol. The van der Waals surface area contributed by atoms with Crippen LogP contribution in [0, 0.1) is 0 Å². The lowest BCUT2D eigenvalue weighted by Gasteiger charge is -2.16. The Morgan fingerprint density at radius 1 is 1.53 bits per heavy atom. The molecule has 1 aromatic rings. The van der Waals surface area contributed by atoms with Crippen LogP contribution in [0.1, 0.15) is 30.5 Å². The van der Waals surface area contributed by atoms with Gasteiger partial charge in [-0.25, -0.2) is 0 Å². The van der Waals surface area contributed by atoms with Crippen molar-refractivity contribution >= 4 is 5.91 Å². The number of amides is 1. The van der Waals surface area contributed by atoms with Gasteiger partial charge in [0.1, 0.15) is 5.75 Å². The zero-order valence-corrected chi connectivity index (χ0v) is 10.6. The molecule has 0 heterocycles. The van der Waals surface area contributed by atoms with E-state index < -0.39 is 0 Å². The molecule has 0 aliphatic rings. The normalized spacial score (nSPS) is 12.0. The Labute approximate surface area is 102 Å². The lowest BCUT2D eigenvalue weighted by Crippen LogP contribution is -2.24. The van der Waals surface area contributed by atoms with Gasteiger partial charge >= 0.3 is 0 Å². The van der Waals surface area contributed by atoms with Gasteiger partial charge in [0, 0.05) is 25.1 Å². The Bertz CT molecular complexity index is 391. The van der Waals surface area contributed by atoms with Gasteiger partial charge in [-0.2, -0.15) is 0 Å². The fraction of sp³-hybridized carbons (Fsp3) is 0.462. The smallest absolute Gasteiger partial charge is 0.221 e. The number of ether oxygens (including phenoxy) is 1. The minimum Gasteiger partial charge on any atom is -0.496 e. The van der Waals surface area contributed by atoms with Crippen LogP contribution >= 0.6 is 0 Å². The molecule has 0 saturated heterocycles. The van der Waals surface area contributed by atoms with Crippen LogP contribution in [0.4, 0.5) is 0 Å². The van der Waals surface area contributed by atoms with Gasteiger partial charge in [0.15, 0.2) is 0 Å². The maximum Gasteiger partial charge on any atom is 0.221 e. The number of nitrogens with two attached hydrogens (primary N) is 1. The van der Waals surface area contributed by atoms with Crippen molar-refractivity contribution in [2.24, 2.45) is 5.73 Å². The molecule has 1 unspecified atom stereocenters. The molecule has 0 aromatic heterocycles. The Morgan fingerprint density at radius 2 is 2.24 bits per heavy atom. The largest absolute Gasteiger partial charge is 0.496 e. The third kappa shape index (κ3) is 3.46. The monoisotopic (exact) mass is 236 g/mol. The van der Waals surface area contributed by atoms with Crippen LogP contribution in [0.3, 0.4) is 0 Å². The highest BCUT2D eigenvalue weighted by Crippen LogP contribution is 2.27. The molecule has 1 atom stereocenters. The van der Waals surface area contributed by atoms with E-state index in [0.717, 1.165) is 17.7 Å². The fourth-order valence-electron chi connectivity index (χ4n) is 1.71. The first kappa shape index (κ1) is 13.5. The molecule has 0 fully saturated rings.